The first-order chi connectivity index (χ1) is 13.6. The summed E-state index contributed by atoms with van der Waals surface area (Å²) in [7, 11) is 0. The number of nitrogens with zero attached hydrogens (tertiary/aromatic N) is 4. The van der Waals surface area contributed by atoms with E-state index >= 15 is 0 Å². The Hall–Kier alpha value is -2.94. The molecule has 1 saturated heterocycles. The van der Waals surface area contributed by atoms with E-state index < -0.39 is 5.41 Å². The van der Waals surface area contributed by atoms with Crippen LogP contribution in [-0.4, -0.2) is 42.0 Å². The molecule has 0 radical (unpaired) electrons. The number of hydrogen-bond donors (Lipinski definition) is 0. The van der Waals surface area contributed by atoms with Gasteiger partial charge in [0.25, 0.3) is 0 Å². The van der Waals surface area contributed by atoms with Crippen LogP contribution in [0.15, 0.2) is 42.6 Å². The second kappa shape index (κ2) is 7.59. The summed E-state index contributed by atoms with van der Waals surface area (Å²) in [6.07, 6.45) is 5.21. The number of anilines is 1. The third-order valence-corrected chi connectivity index (χ3v) is 6.02. The molecule has 2 fully saturated rings. The van der Waals surface area contributed by atoms with Crippen LogP contribution in [0.5, 0.6) is 0 Å². The lowest BCUT2D eigenvalue weighted by molar-refractivity contribution is -0.137. The Labute approximate surface area is 164 Å². The van der Waals surface area contributed by atoms with Gasteiger partial charge in [-0.15, -0.1) is 0 Å². The Morgan fingerprint density at radius 1 is 1.11 bits per heavy atom. The van der Waals surface area contributed by atoms with Crippen LogP contribution in [0.3, 0.4) is 0 Å². The van der Waals surface area contributed by atoms with Crippen molar-refractivity contribution in [1.29, 1.82) is 5.26 Å². The van der Waals surface area contributed by atoms with Gasteiger partial charge in [0.05, 0.1) is 11.0 Å². The third kappa shape index (κ3) is 3.22. The van der Waals surface area contributed by atoms with Crippen LogP contribution >= 0.6 is 0 Å². The molecule has 28 heavy (non-hydrogen) atoms. The molecule has 1 saturated carbocycles. The van der Waals surface area contributed by atoms with Crippen LogP contribution in [-0.2, 0) is 10.2 Å². The summed E-state index contributed by atoms with van der Waals surface area (Å²) in [6.45, 7) is 2.43. The Bertz CT molecular complexity index is 909. The fourth-order valence-corrected chi connectivity index (χ4v) is 4.55. The molecular weight excluding hydrogens is 355 g/mol. The van der Waals surface area contributed by atoms with Gasteiger partial charge < -0.3 is 9.80 Å². The molecule has 1 aromatic carbocycles. The monoisotopic (exact) mass is 378 g/mol. The van der Waals surface area contributed by atoms with Crippen molar-refractivity contribution in [2.24, 2.45) is 0 Å². The van der Waals surface area contributed by atoms with Crippen molar-refractivity contribution in [3.05, 3.63) is 59.5 Å². The van der Waals surface area contributed by atoms with Crippen LogP contribution < -0.4 is 4.90 Å². The van der Waals surface area contributed by atoms with Gasteiger partial charge in [-0.05, 0) is 42.7 Å². The van der Waals surface area contributed by atoms with E-state index in [9.17, 15) is 14.4 Å². The second-order valence-electron chi connectivity index (χ2n) is 7.57. The van der Waals surface area contributed by atoms with Gasteiger partial charge in [-0.1, -0.05) is 25.0 Å². The summed E-state index contributed by atoms with van der Waals surface area (Å²) in [4.78, 5) is 21.8. The molecule has 0 spiro atoms. The van der Waals surface area contributed by atoms with E-state index in [0.717, 1.165) is 31.2 Å². The number of carbonyl (C=O) groups excluding carboxylic acids is 1. The topological polar surface area (TPSA) is 60.2 Å². The van der Waals surface area contributed by atoms with E-state index in [4.69, 9.17) is 0 Å². The van der Waals surface area contributed by atoms with Crippen molar-refractivity contribution in [1.82, 2.24) is 9.88 Å². The average molecular weight is 378 g/mol. The van der Waals surface area contributed by atoms with Crippen LogP contribution in [0.2, 0.25) is 0 Å². The number of benzene rings is 1. The number of amides is 1. The van der Waals surface area contributed by atoms with Crippen molar-refractivity contribution in [3.63, 3.8) is 0 Å². The highest BCUT2D eigenvalue weighted by molar-refractivity contribution is 5.89. The van der Waals surface area contributed by atoms with Gasteiger partial charge in [0.15, 0.2) is 0 Å². The summed E-state index contributed by atoms with van der Waals surface area (Å²) in [5.74, 6) is 0.496. The first-order valence-electron chi connectivity index (χ1n) is 9.79. The zero-order chi connectivity index (χ0) is 19.6. The molecule has 6 heteroatoms. The van der Waals surface area contributed by atoms with Gasteiger partial charge in [-0.25, -0.2) is 9.37 Å². The number of pyridine rings is 1. The molecule has 5 nitrogen and oxygen atoms in total. The molecular formula is C22H23FN4O. The normalized spacial score (nSPS) is 18.7. The molecule has 1 amide bonds. The number of aromatic nitrogens is 1. The molecule has 2 aliphatic rings. The van der Waals surface area contributed by atoms with Gasteiger partial charge in [0.2, 0.25) is 5.91 Å². The zero-order valence-corrected chi connectivity index (χ0v) is 15.8. The summed E-state index contributed by atoms with van der Waals surface area (Å²) in [5.41, 5.74) is 0.746. The molecule has 1 aliphatic heterocycles. The van der Waals surface area contributed by atoms with E-state index in [1.165, 1.54) is 12.1 Å². The summed E-state index contributed by atoms with van der Waals surface area (Å²) < 4.78 is 13.8. The smallest absolute Gasteiger partial charge is 0.233 e. The molecule has 0 atom stereocenters. The van der Waals surface area contributed by atoms with Gasteiger partial charge in [0.1, 0.15) is 17.7 Å². The Kier molecular flexibility index (Phi) is 4.99. The van der Waals surface area contributed by atoms with E-state index in [-0.39, 0.29) is 11.7 Å². The summed E-state index contributed by atoms with van der Waals surface area (Å²) in [6, 6.07) is 12.2. The van der Waals surface area contributed by atoms with Crippen molar-refractivity contribution < 1.29 is 9.18 Å². The SMILES string of the molecule is N#Cc1cccnc1N1CCN(C(=O)C2(c3cccc(F)c3)CCCC2)CC1. The minimum Gasteiger partial charge on any atom is -0.352 e. The minimum absolute atomic E-state index is 0.108. The standard InChI is InChI=1S/C22H23FN4O/c23-19-7-3-6-18(15-19)22(8-1-2-9-22)21(28)27-13-11-26(12-14-27)20-17(16-24)5-4-10-25-20/h3-7,10,15H,1-2,8-9,11-14H2. The molecule has 2 aromatic rings. The number of piperazine rings is 1. The number of halogens is 1. The summed E-state index contributed by atoms with van der Waals surface area (Å²) >= 11 is 0. The lowest BCUT2D eigenvalue weighted by Gasteiger charge is -2.40. The number of nitriles is 1. The molecule has 1 aromatic heterocycles. The van der Waals surface area contributed by atoms with E-state index in [0.29, 0.717) is 37.6 Å². The van der Waals surface area contributed by atoms with Crippen LogP contribution in [0.25, 0.3) is 0 Å². The highest BCUT2D eigenvalue weighted by atomic mass is 19.1. The number of rotatable bonds is 3. The predicted molar refractivity (Wildman–Crippen MR) is 104 cm³/mol. The Morgan fingerprint density at radius 2 is 1.86 bits per heavy atom. The highest BCUT2D eigenvalue weighted by Gasteiger charge is 2.45. The number of hydrogen-bond acceptors (Lipinski definition) is 4. The van der Waals surface area contributed by atoms with Gasteiger partial charge in [0, 0.05) is 32.4 Å². The van der Waals surface area contributed by atoms with Crippen LogP contribution in [0, 0.1) is 17.1 Å². The van der Waals surface area contributed by atoms with Crippen LogP contribution in [0.1, 0.15) is 36.8 Å². The maximum Gasteiger partial charge on any atom is 0.233 e. The minimum atomic E-state index is -0.604. The first kappa shape index (κ1) is 18.4. The third-order valence-electron chi connectivity index (χ3n) is 6.02. The number of carbonyl (C=O) groups is 1. The lowest BCUT2D eigenvalue weighted by atomic mass is 9.77. The largest absolute Gasteiger partial charge is 0.352 e. The zero-order valence-electron chi connectivity index (χ0n) is 15.8. The van der Waals surface area contributed by atoms with Gasteiger partial charge in [-0.2, -0.15) is 5.26 Å². The fourth-order valence-electron chi connectivity index (χ4n) is 4.55. The summed E-state index contributed by atoms with van der Waals surface area (Å²) in [5, 5.41) is 9.30. The maximum absolute atomic E-state index is 13.8. The second-order valence-corrected chi connectivity index (χ2v) is 7.57. The first-order valence-corrected chi connectivity index (χ1v) is 9.79. The molecule has 4 rings (SSSR count). The fraction of sp³-hybridized carbons (Fsp3) is 0.409. The molecule has 144 valence electrons. The Morgan fingerprint density at radius 3 is 2.54 bits per heavy atom. The molecule has 2 heterocycles. The van der Waals surface area contributed by atoms with E-state index in [2.05, 4.69) is 16.0 Å². The average Bonchev–Trinajstić information content (AvgIpc) is 3.24. The maximum atomic E-state index is 13.8. The van der Waals surface area contributed by atoms with Crippen molar-refractivity contribution in [3.8, 4) is 6.07 Å². The Balaban J connectivity index is 1.52. The molecule has 0 bridgehead atoms. The van der Waals surface area contributed by atoms with Gasteiger partial charge in [-0.3, -0.25) is 4.79 Å². The van der Waals surface area contributed by atoms with E-state index in [1.54, 1.807) is 24.4 Å². The molecule has 1 aliphatic carbocycles. The quantitative estimate of drug-likeness (QED) is 0.823. The van der Waals surface area contributed by atoms with Crippen LogP contribution in [0.4, 0.5) is 10.2 Å². The lowest BCUT2D eigenvalue weighted by Crippen LogP contribution is -2.54. The van der Waals surface area contributed by atoms with Crippen molar-refractivity contribution >= 4 is 11.7 Å². The van der Waals surface area contributed by atoms with Crippen molar-refractivity contribution in [2.75, 3.05) is 31.1 Å². The van der Waals surface area contributed by atoms with E-state index in [1.807, 2.05) is 11.0 Å². The van der Waals surface area contributed by atoms with Gasteiger partial charge >= 0.3 is 0 Å². The molecule has 0 unspecified atom stereocenters. The highest BCUT2D eigenvalue weighted by Crippen LogP contribution is 2.43. The predicted octanol–water partition coefficient (Wildman–Crippen LogP) is 3.25. The van der Waals surface area contributed by atoms with Crippen molar-refractivity contribution in [2.45, 2.75) is 31.1 Å². The molecule has 0 N–H and O–H groups in total.